The average molecular weight is 207 g/mol. The van der Waals surface area contributed by atoms with Crippen LogP contribution in [0.4, 0.5) is 0 Å². The Kier molecular flexibility index (Phi) is 2.60. The molecule has 1 aliphatic heterocycles. The third kappa shape index (κ3) is 2.10. The third-order valence-electron chi connectivity index (χ3n) is 2.37. The zero-order chi connectivity index (χ0) is 10.8. The van der Waals surface area contributed by atoms with Crippen molar-refractivity contribution in [3.8, 4) is 5.75 Å². The summed E-state index contributed by atoms with van der Waals surface area (Å²) in [5.74, 6) is -0.228. The van der Waals surface area contributed by atoms with Crippen LogP contribution >= 0.6 is 0 Å². The summed E-state index contributed by atoms with van der Waals surface area (Å²) < 4.78 is 4.94. The van der Waals surface area contributed by atoms with Crippen LogP contribution in [-0.2, 0) is 4.74 Å². The summed E-state index contributed by atoms with van der Waals surface area (Å²) in [6.07, 6.45) is 0. The van der Waals surface area contributed by atoms with E-state index in [9.17, 15) is 9.90 Å². The number of ether oxygens (including phenoxy) is 1. The standard InChI is InChI=1S/C11H13NO3/c1-7-2-3-9(10(13)4-7)11(14)12-8-5-15-6-8/h2-4,8,13H,5-6H2,1H3,(H,12,14). The zero-order valence-corrected chi connectivity index (χ0v) is 8.49. The van der Waals surface area contributed by atoms with Crippen LogP contribution in [0.5, 0.6) is 5.75 Å². The lowest BCUT2D eigenvalue weighted by atomic mass is 10.1. The predicted molar refractivity (Wildman–Crippen MR) is 54.9 cm³/mol. The quantitative estimate of drug-likeness (QED) is 0.755. The first kappa shape index (κ1) is 9.98. The molecule has 1 aromatic carbocycles. The van der Waals surface area contributed by atoms with Gasteiger partial charge in [-0.3, -0.25) is 4.79 Å². The average Bonchev–Trinajstić information content (AvgIpc) is 2.11. The van der Waals surface area contributed by atoms with E-state index < -0.39 is 0 Å². The first-order chi connectivity index (χ1) is 7.16. The maximum atomic E-state index is 11.7. The Bertz CT molecular complexity index is 385. The van der Waals surface area contributed by atoms with E-state index in [0.29, 0.717) is 18.8 Å². The van der Waals surface area contributed by atoms with Gasteiger partial charge in [0.05, 0.1) is 24.8 Å². The Morgan fingerprint density at radius 3 is 2.80 bits per heavy atom. The maximum absolute atomic E-state index is 11.7. The molecule has 1 heterocycles. The van der Waals surface area contributed by atoms with Crippen molar-refractivity contribution < 1.29 is 14.6 Å². The number of hydrogen-bond acceptors (Lipinski definition) is 3. The van der Waals surface area contributed by atoms with Gasteiger partial charge in [0.15, 0.2) is 0 Å². The SMILES string of the molecule is Cc1ccc(C(=O)NC2COC2)c(O)c1. The molecule has 1 saturated heterocycles. The molecule has 80 valence electrons. The molecule has 1 aliphatic rings. The van der Waals surface area contributed by atoms with Crippen molar-refractivity contribution in [3.05, 3.63) is 29.3 Å². The van der Waals surface area contributed by atoms with Crippen LogP contribution in [0, 0.1) is 6.92 Å². The second kappa shape index (κ2) is 3.90. The summed E-state index contributed by atoms with van der Waals surface area (Å²) in [6, 6.07) is 5.08. The molecule has 1 aromatic rings. The molecule has 2 N–H and O–H groups in total. The highest BCUT2D eigenvalue weighted by Gasteiger charge is 2.22. The van der Waals surface area contributed by atoms with Crippen LogP contribution in [0.2, 0.25) is 0 Å². The molecule has 0 atom stereocenters. The van der Waals surface area contributed by atoms with E-state index in [0.717, 1.165) is 5.56 Å². The van der Waals surface area contributed by atoms with Crippen LogP contribution in [0.25, 0.3) is 0 Å². The highest BCUT2D eigenvalue weighted by atomic mass is 16.5. The molecule has 0 aliphatic carbocycles. The van der Waals surface area contributed by atoms with Gasteiger partial charge >= 0.3 is 0 Å². The Balaban J connectivity index is 2.10. The lowest BCUT2D eigenvalue weighted by Gasteiger charge is -2.26. The Labute approximate surface area is 87.9 Å². The van der Waals surface area contributed by atoms with Crippen molar-refractivity contribution in [1.29, 1.82) is 0 Å². The molecule has 1 amide bonds. The highest BCUT2D eigenvalue weighted by molar-refractivity contribution is 5.97. The summed E-state index contributed by atoms with van der Waals surface area (Å²) in [4.78, 5) is 11.7. The highest BCUT2D eigenvalue weighted by Crippen LogP contribution is 2.18. The molecule has 0 unspecified atom stereocenters. The minimum Gasteiger partial charge on any atom is -0.507 e. The Morgan fingerprint density at radius 2 is 2.27 bits per heavy atom. The summed E-state index contributed by atoms with van der Waals surface area (Å²) in [6.45, 7) is 2.97. The number of amides is 1. The Hall–Kier alpha value is -1.55. The van der Waals surface area contributed by atoms with Gasteiger partial charge in [0.1, 0.15) is 5.75 Å². The molecule has 15 heavy (non-hydrogen) atoms. The number of hydrogen-bond donors (Lipinski definition) is 2. The maximum Gasteiger partial charge on any atom is 0.255 e. The van der Waals surface area contributed by atoms with Crippen LogP contribution in [0.1, 0.15) is 15.9 Å². The van der Waals surface area contributed by atoms with Gasteiger partial charge in [0, 0.05) is 0 Å². The number of rotatable bonds is 2. The molecule has 0 radical (unpaired) electrons. The van der Waals surface area contributed by atoms with Crippen molar-refractivity contribution in [1.82, 2.24) is 5.32 Å². The van der Waals surface area contributed by atoms with Crippen LogP contribution in [-0.4, -0.2) is 30.3 Å². The number of aryl methyl sites for hydroxylation is 1. The lowest BCUT2D eigenvalue weighted by molar-refractivity contribution is -0.00350. The van der Waals surface area contributed by atoms with E-state index >= 15 is 0 Å². The zero-order valence-electron chi connectivity index (χ0n) is 8.49. The fourth-order valence-electron chi connectivity index (χ4n) is 1.42. The summed E-state index contributed by atoms with van der Waals surface area (Å²) in [7, 11) is 0. The normalized spacial score (nSPS) is 15.8. The smallest absolute Gasteiger partial charge is 0.255 e. The monoisotopic (exact) mass is 207 g/mol. The third-order valence-corrected chi connectivity index (χ3v) is 2.37. The van der Waals surface area contributed by atoms with E-state index in [2.05, 4.69) is 5.32 Å². The molecular formula is C11H13NO3. The van der Waals surface area contributed by atoms with E-state index in [-0.39, 0.29) is 17.7 Å². The topological polar surface area (TPSA) is 58.6 Å². The largest absolute Gasteiger partial charge is 0.507 e. The van der Waals surface area contributed by atoms with Gasteiger partial charge in [-0.1, -0.05) is 6.07 Å². The van der Waals surface area contributed by atoms with Crippen LogP contribution in [0.3, 0.4) is 0 Å². The number of phenols is 1. The molecule has 0 saturated carbocycles. The van der Waals surface area contributed by atoms with E-state index in [1.807, 2.05) is 6.92 Å². The van der Waals surface area contributed by atoms with Crippen molar-refractivity contribution in [2.45, 2.75) is 13.0 Å². The number of aromatic hydroxyl groups is 1. The van der Waals surface area contributed by atoms with Crippen molar-refractivity contribution in [2.24, 2.45) is 0 Å². The second-order valence-corrected chi connectivity index (χ2v) is 3.73. The van der Waals surface area contributed by atoms with Gasteiger partial charge in [-0.15, -0.1) is 0 Å². The van der Waals surface area contributed by atoms with Gasteiger partial charge in [0.25, 0.3) is 5.91 Å². The number of nitrogens with one attached hydrogen (secondary N) is 1. The minimum absolute atomic E-state index is 0.0211. The second-order valence-electron chi connectivity index (χ2n) is 3.73. The molecule has 4 nitrogen and oxygen atoms in total. The molecule has 0 bridgehead atoms. The van der Waals surface area contributed by atoms with Crippen molar-refractivity contribution in [2.75, 3.05) is 13.2 Å². The van der Waals surface area contributed by atoms with Crippen molar-refractivity contribution >= 4 is 5.91 Å². The number of phenolic OH excluding ortho intramolecular Hbond substituents is 1. The minimum atomic E-state index is -0.249. The van der Waals surface area contributed by atoms with Gasteiger partial charge in [-0.2, -0.15) is 0 Å². The van der Waals surface area contributed by atoms with Gasteiger partial charge < -0.3 is 15.2 Å². The summed E-state index contributed by atoms with van der Waals surface area (Å²) >= 11 is 0. The van der Waals surface area contributed by atoms with E-state index in [1.165, 1.54) is 0 Å². The van der Waals surface area contributed by atoms with Crippen LogP contribution in [0.15, 0.2) is 18.2 Å². The molecule has 1 fully saturated rings. The molecule has 0 aromatic heterocycles. The summed E-state index contributed by atoms with van der Waals surface area (Å²) in [5.41, 5.74) is 1.24. The van der Waals surface area contributed by atoms with Crippen LogP contribution < -0.4 is 5.32 Å². The number of carbonyl (C=O) groups excluding carboxylic acids is 1. The fourth-order valence-corrected chi connectivity index (χ4v) is 1.42. The van der Waals surface area contributed by atoms with Gasteiger partial charge in [0.2, 0.25) is 0 Å². The molecule has 2 rings (SSSR count). The number of carbonyl (C=O) groups is 1. The lowest BCUT2D eigenvalue weighted by Crippen LogP contribution is -2.48. The molecule has 0 spiro atoms. The van der Waals surface area contributed by atoms with Crippen molar-refractivity contribution in [3.63, 3.8) is 0 Å². The van der Waals surface area contributed by atoms with E-state index in [1.54, 1.807) is 18.2 Å². The van der Waals surface area contributed by atoms with Gasteiger partial charge in [-0.25, -0.2) is 0 Å². The number of benzene rings is 1. The Morgan fingerprint density at radius 1 is 1.53 bits per heavy atom. The molecular weight excluding hydrogens is 194 g/mol. The first-order valence-corrected chi connectivity index (χ1v) is 4.85. The molecule has 4 heteroatoms. The fraction of sp³-hybridized carbons (Fsp3) is 0.364. The first-order valence-electron chi connectivity index (χ1n) is 4.85. The van der Waals surface area contributed by atoms with E-state index in [4.69, 9.17) is 4.74 Å². The summed E-state index contributed by atoms with van der Waals surface area (Å²) in [5, 5.41) is 12.3. The predicted octanol–water partition coefficient (Wildman–Crippen LogP) is 0.829. The van der Waals surface area contributed by atoms with Gasteiger partial charge in [-0.05, 0) is 24.6 Å².